The Balaban J connectivity index is 1.60. The van der Waals surface area contributed by atoms with E-state index in [-0.39, 0.29) is 17.4 Å². The maximum atomic E-state index is 12.1. The van der Waals surface area contributed by atoms with Crippen molar-refractivity contribution < 1.29 is 17.9 Å². The zero-order valence-corrected chi connectivity index (χ0v) is 13.1. The van der Waals surface area contributed by atoms with Crippen LogP contribution < -0.4 is 10.2 Å². The molecule has 2 saturated heterocycles. The molecule has 1 aromatic carbocycles. The van der Waals surface area contributed by atoms with Gasteiger partial charge in [0.1, 0.15) is 0 Å². The molecule has 2 fully saturated rings. The minimum Gasteiger partial charge on any atom is -0.378 e. The van der Waals surface area contributed by atoms with E-state index in [1.165, 1.54) is 0 Å². The molecule has 2 heterocycles. The Labute approximate surface area is 130 Å². The van der Waals surface area contributed by atoms with E-state index in [1.807, 2.05) is 24.3 Å². The smallest absolute Gasteiger partial charge is 0.228 e. The van der Waals surface area contributed by atoms with Crippen LogP contribution in [0.25, 0.3) is 0 Å². The maximum absolute atomic E-state index is 12.1. The van der Waals surface area contributed by atoms with Crippen molar-refractivity contribution >= 4 is 27.1 Å². The van der Waals surface area contributed by atoms with Crippen LogP contribution in [0, 0.1) is 5.92 Å². The first-order valence-electron chi connectivity index (χ1n) is 7.47. The number of carbonyl (C=O) groups is 1. The average molecular weight is 324 g/mol. The number of rotatable bonds is 3. The Morgan fingerprint density at radius 3 is 2.45 bits per heavy atom. The molecule has 1 aromatic rings. The normalized spacial score (nSPS) is 24.2. The molecule has 0 aliphatic carbocycles. The van der Waals surface area contributed by atoms with Crippen LogP contribution in [0.15, 0.2) is 24.3 Å². The highest BCUT2D eigenvalue weighted by atomic mass is 32.2. The van der Waals surface area contributed by atoms with Gasteiger partial charge in [0.2, 0.25) is 5.91 Å². The summed E-state index contributed by atoms with van der Waals surface area (Å²) in [5, 5.41) is 2.81. The van der Waals surface area contributed by atoms with Gasteiger partial charge in [-0.05, 0) is 30.7 Å². The van der Waals surface area contributed by atoms with E-state index in [2.05, 4.69) is 10.2 Å². The molecule has 2 aliphatic heterocycles. The number of ether oxygens (including phenoxy) is 1. The predicted octanol–water partition coefficient (Wildman–Crippen LogP) is 0.896. The summed E-state index contributed by atoms with van der Waals surface area (Å²) < 4.78 is 28.2. The lowest BCUT2D eigenvalue weighted by atomic mass is 10.1. The highest BCUT2D eigenvalue weighted by Crippen LogP contribution is 2.22. The number of nitrogens with one attached hydrogen (secondary N) is 1. The van der Waals surface area contributed by atoms with E-state index in [1.54, 1.807) is 0 Å². The number of sulfone groups is 1. The zero-order chi connectivity index (χ0) is 15.6. The highest BCUT2D eigenvalue weighted by Gasteiger charge is 2.32. The number of nitrogens with zero attached hydrogens (tertiary/aromatic N) is 1. The molecule has 22 heavy (non-hydrogen) atoms. The van der Waals surface area contributed by atoms with Gasteiger partial charge in [-0.15, -0.1) is 0 Å². The van der Waals surface area contributed by atoms with Crippen molar-refractivity contribution in [3.8, 4) is 0 Å². The minimum atomic E-state index is -3.03. The number of carbonyl (C=O) groups excluding carboxylic acids is 1. The molecular weight excluding hydrogens is 304 g/mol. The van der Waals surface area contributed by atoms with Crippen LogP contribution in [0.4, 0.5) is 11.4 Å². The van der Waals surface area contributed by atoms with Crippen LogP contribution in [0.1, 0.15) is 6.42 Å². The van der Waals surface area contributed by atoms with Gasteiger partial charge in [0.15, 0.2) is 9.84 Å². The molecule has 0 aromatic heterocycles. The van der Waals surface area contributed by atoms with Crippen molar-refractivity contribution in [2.45, 2.75) is 6.42 Å². The molecule has 3 rings (SSSR count). The monoisotopic (exact) mass is 324 g/mol. The number of hydrogen-bond acceptors (Lipinski definition) is 5. The van der Waals surface area contributed by atoms with Gasteiger partial charge >= 0.3 is 0 Å². The molecule has 0 spiro atoms. The van der Waals surface area contributed by atoms with Gasteiger partial charge in [0.25, 0.3) is 0 Å². The summed E-state index contributed by atoms with van der Waals surface area (Å²) in [4.78, 5) is 14.3. The predicted molar refractivity (Wildman–Crippen MR) is 84.9 cm³/mol. The Hall–Kier alpha value is -1.60. The lowest BCUT2D eigenvalue weighted by Crippen LogP contribution is -2.36. The van der Waals surface area contributed by atoms with Gasteiger partial charge in [0, 0.05) is 24.5 Å². The summed E-state index contributed by atoms with van der Waals surface area (Å²) in [5.74, 6) is -0.560. The number of amides is 1. The van der Waals surface area contributed by atoms with Gasteiger partial charge in [-0.1, -0.05) is 0 Å². The molecule has 2 aliphatic rings. The standard InChI is InChI=1S/C15H20N2O4S/c18-15(12-5-10-22(19,20)11-12)16-13-1-3-14(4-2-13)17-6-8-21-9-7-17/h1-4,12H,5-11H2,(H,16,18). The number of morpholine rings is 1. The fourth-order valence-corrected chi connectivity index (χ4v) is 4.56. The van der Waals surface area contributed by atoms with E-state index >= 15 is 0 Å². The molecule has 1 N–H and O–H groups in total. The van der Waals surface area contributed by atoms with E-state index in [9.17, 15) is 13.2 Å². The molecule has 0 radical (unpaired) electrons. The van der Waals surface area contributed by atoms with Gasteiger partial charge < -0.3 is 15.0 Å². The molecule has 1 unspecified atom stereocenters. The zero-order valence-electron chi connectivity index (χ0n) is 12.3. The Morgan fingerprint density at radius 1 is 1.18 bits per heavy atom. The summed E-state index contributed by atoms with van der Waals surface area (Å²) in [6, 6.07) is 7.64. The first-order valence-corrected chi connectivity index (χ1v) is 9.30. The third kappa shape index (κ3) is 3.59. The van der Waals surface area contributed by atoms with Gasteiger partial charge in [0.05, 0.1) is 30.6 Å². The summed E-state index contributed by atoms with van der Waals surface area (Å²) in [7, 11) is -3.03. The van der Waals surface area contributed by atoms with Crippen LogP contribution in [-0.4, -0.2) is 52.1 Å². The number of anilines is 2. The van der Waals surface area contributed by atoms with Crippen LogP contribution in [-0.2, 0) is 19.4 Å². The molecule has 0 bridgehead atoms. The first-order chi connectivity index (χ1) is 10.5. The molecule has 1 amide bonds. The van der Waals surface area contributed by atoms with Crippen LogP contribution >= 0.6 is 0 Å². The van der Waals surface area contributed by atoms with Crippen molar-refractivity contribution in [2.24, 2.45) is 5.92 Å². The third-order valence-electron chi connectivity index (χ3n) is 4.11. The van der Waals surface area contributed by atoms with Crippen LogP contribution in [0.5, 0.6) is 0 Å². The van der Waals surface area contributed by atoms with E-state index in [0.717, 1.165) is 32.0 Å². The summed E-state index contributed by atoms with van der Waals surface area (Å²) >= 11 is 0. The SMILES string of the molecule is O=C(Nc1ccc(N2CCOCC2)cc1)C1CCS(=O)(=O)C1. The second-order valence-corrected chi connectivity index (χ2v) is 7.96. The lowest BCUT2D eigenvalue weighted by molar-refractivity contribution is -0.119. The first kappa shape index (κ1) is 15.3. The maximum Gasteiger partial charge on any atom is 0.228 e. The topological polar surface area (TPSA) is 75.7 Å². The van der Waals surface area contributed by atoms with Crippen molar-refractivity contribution in [3.05, 3.63) is 24.3 Å². The minimum absolute atomic E-state index is 0.0370. The van der Waals surface area contributed by atoms with Crippen LogP contribution in [0.3, 0.4) is 0 Å². The summed E-state index contributed by atoms with van der Waals surface area (Å²) in [5.41, 5.74) is 1.80. The Morgan fingerprint density at radius 2 is 1.86 bits per heavy atom. The van der Waals surface area contributed by atoms with Crippen molar-refractivity contribution in [1.82, 2.24) is 0 Å². The van der Waals surface area contributed by atoms with Gasteiger partial charge in [-0.3, -0.25) is 4.79 Å². The molecule has 120 valence electrons. The fourth-order valence-electron chi connectivity index (χ4n) is 2.82. The lowest BCUT2D eigenvalue weighted by Gasteiger charge is -2.28. The number of hydrogen-bond donors (Lipinski definition) is 1. The highest BCUT2D eigenvalue weighted by molar-refractivity contribution is 7.91. The quantitative estimate of drug-likeness (QED) is 0.894. The van der Waals surface area contributed by atoms with Crippen LogP contribution in [0.2, 0.25) is 0 Å². The van der Waals surface area contributed by atoms with Gasteiger partial charge in [-0.25, -0.2) is 8.42 Å². The molecule has 7 heteroatoms. The second kappa shape index (κ2) is 6.26. The van der Waals surface area contributed by atoms with E-state index in [0.29, 0.717) is 12.1 Å². The van der Waals surface area contributed by atoms with Crippen molar-refractivity contribution in [3.63, 3.8) is 0 Å². The fraction of sp³-hybridized carbons (Fsp3) is 0.533. The molecule has 0 saturated carbocycles. The molecule has 6 nitrogen and oxygen atoms in total. The average Bonchev–Trinajstić information content (AvgIpc) is 2.89. The summed E-state index contributed by atoms with van der Waals surface area (Å²) in [6.07, 6.45) is 0.417. The summed E-state index contributed by atoms with van der Waals surface area (Å²) in [6.45, 7) is 3.20. The Kier molecular flexibility index (Phi) is 4.35. The number of benzene rings is 1. The van der Waals surface area contributed by atoms with Crippen molar-refractivity contribution in [1.29, 1.82) is 0 Å². The van der Waals surface area contributed by atoms with E-state index < -0.39 is 15.8 Å². The third-order valence-corrected chi connectivity index (χ3v) is 5.88. The molecular formula is C15H20N2O4S. The second-order valence-electron chi connectivity index (χ2n) is 5.74. The van der Waals surface area contributed by atoms with E-state index in [4.69, 9.17) is 4.74 Å². The van der Waals surface area contributed by atoms with Crippen molar-refractivity contribution in [2.75, 3.05) is 48.0 Å². The Bertz CT molecular complexity index is 636. The largest absolute Gasteiger partial charge is 0.378 e. The molecule has 1 atom stereocenters. The van der Waals surface area contributed by atoms with Gasteiger partial charge in [-0.2, -0.15) is 0 Å².